The van der Waals surface area contributed by atoms with Gasteiger partial charge in [-0.3, -0.25) is 14.4 Å². The Hall–Kier alpha value is -2.48. The highest BCUT2D eigenvalue weighted by Crippen LogP contribution is 2.24. The van der Waals surface area contributed by atoms with Gasteiger partial charge in [-0.1, -0.05) is 0 Å². The van der Waals surface area contributed by atoms with Crippen molar-refractivity contribution in [3.05, 3.63) is 35.6 Å². The highest BCUT2D eigenvalue weighted by molar-refractivity contribution is 5.97. The summed E-state index contributed by atoms with van der Waals surface area (Å²) in [6.45, 7) is 2.51. The molecule has 0 unspecified atom stereocenters. The fourth-order valence-corrected chi connectivity index (χ4v) is 4.04. The van der Waals surface area contributed by atoms with E-state index in [4.69, 9.17) is 4.74 Å². The molecule has 0 saturated carbocycles. The van der Waals surface area contributed by atoms with Crippen LogP contribution < -0.4 is 5.32 Å². The zero-order valence-electron chi connectivity index (χ0n) is 16.7. The second-order valence-corrected chi connectivity index (χ2v) is 7.64. The molecule has 8 heteroatoms. The molecule has 3 rings (SSSR count). The second kappa shape index (κ2) is 9.82. The molecule has 1 N–H and O–H groups in total. The Morgan fingerprint density at radius 2 is 1.69 bits per heavy atom. The van der Waals surface area contributed by atoms with E-state index in [-0.39, 0.29) is 30.2 Å². The number of rotatable bonds is 6. The number of methoxy groups -OCH3 is 1. The van der Waals surface area contributed by atoms with Gasteiger partial charge >= 0.3 is 0 Å². The van der Waals surface area contributed by atoms with Gasteiger partial charge in [-0.2, -0.15) is 0 Å². The van der Waals surface area contributed by atoms with Crippen LogP contribution in [-0.4, -0.2) is 73.5 Å². The van der Waals surface area contributed by atoms with Crippen LogP contribution in [0.3, 0.4) is 0 Å². The van der Waals surface area contributed by atoms with Gasteiger partial charge in [0.15, 0.2) is 0 Å². The SMILES string of the molecule is COCC(=O)N1CCC([C@@H](NC(=O)c2ccc(F)cc2)C(=O)N2CCCC2)CC1. The molecular formula is C21H28FN3O4. The molecule has 1 atom stereocenters. The highest BCUT2D eigenvalue weighted by atomic mass is 19.1. The van der Waals surface area contributed by atoms with Crippen LogP contribution in [-0.2, 0) is 14.3 Å². The smallest absolute Gasteiger partial charge is 0.251 e. The Morgan fingerprint density at radius 3 is 2.28 bits per heavy atom. The van der Waals surface area contributed by atoms with Gasteiger partial charge < -0.3 is 19.9 Å². The number of carbonyl (C=O) groups is 3. The molecule has 2 saturated heterocycles. The number of amides is 3. The minimum Gasteiger partial charge on any atom is -0.375 e. The molecule has 2 heterocycles. The lowest BCUT2D eigenvalue weighted by Crippen LogP contribution is -2.54. The van der Waals surface area contributed by atoms with Gasteiger partial charge in [0.05, 0.1) is 0 Å². The zero-order chi connectivity index (χ0) is 20.8. The number of nitrogens with one attached hydrogen (secondary N) is 1. The molecule has 2 fully saturated rings. The van der Waals surface area contributed by atoms with E-state index in [0.29, 0.717) is 44.6 Å². The van der Waals surface area contributed by atoms with Gasteiger partial charge in [0.2, 0.25) is 11.8 Å². The molecule has 7 nitrogen and oxygen atoms in total. The number of ether oxygens (including phenoxy) is 1. The third kappa shape index (κ3) is 5.32. The highest BCUT2D eigenvalue weighted by Gasteiger charge is 2.36. The van der Waals surface area contributed by atoms with Crippen LogP contribution in [0, 0.1) is 11.7 Å². The summed E-state index contributed by atoms with van der Waals surface area (Å²) < 4.78 is 18.1. The average molecular weight is 405 g/mol. The number of hydrogen-bond acceptors (Lipinski definition) is 4. The van der Waals surface area contributed by atoms with Crippen LogP contribution in [0.4, 0.5) is 4.39 Å². The number of halogens is 1. The molecular weight excluding hydrogens is 377 g/mol. The van der Waals surface area contributed by atoms with Crippen LogP contribution in [0.25, 0.3) is 0 Å². The molecule has 158 valence electrons. The first-order valence-corrected chi connectivity index (χ1v) is 10.1. The van der Waals surface area contributed by atoms with Crippen molar-refractivity contribution in [1.29, 1.82) is 0 Å². The Morgan fingerprint density at radius 1 is 1.07 bits per heavy atom. The van der Waals surface area contributed by atoms with E-state index >= 15 is 0 Å². The molecule has 29 heavy (non-hydrogen) atoms. The molecule has 1 aromatic rings. The van der Waals surface area contributed by atoms with Crippen molar-refractivity contribution >= 4 is 17.7 Å². The van der Waals surface area contributed by atoms with Gasteiger partial charge in [0.25, 0.3) is 5.91 Å². The summed E-state index contributed by atoms with van der Waals surface area (Å²) in [5, 5.41) is 2.89. The minimum atomic E-state index is -0.648. The minimum absolute atomic E-state index is 0.0438. The van der Waals surface area contributed by atoms with E-state index in [9.17, 15) is 18.8 Å². The van der Waals surface area contributed by atoms with E-state index in [1.807, 2.05) is 0 Å². The molecule has 1 aromatic carbocycles. The molecule has 0 radical (unpaired) electrons. The second-order valence-electron chi connectivity index (χ2n) is 7.64. The number of piperidine rings is 1. The normalized spacial score (nSPS) is 18.6. The first-order chi connectivity index (χ1) is 14.0. The lowest BCUT2D eigenvalue weighted by atomic mass is 9.88. The fourth-order valence-electron chi connectivity index (χ4n) is 4.04. The van der Waals surface area contributed by atoms with Gasteiger partial charge in [0.1, 0.15) is 18.5 Å². The Labute approximate surface area is 170 Å². The van der Waals surface area contributed by atoms with E-state index in [2.05, 4.69) is 5.32 Å². The monoisotopic (exact) mass is 405 g/mol. The van der Waals surface area contributed by atoms with Gasteiger partial charge in [0, 0.05) is 38.9 Å². The van der Waals surface area contributed by atoms with Crippen LogP contribution in [0.5, 0.6) is 0 Å². The topological polar surface area (TPSA) is 79.0 Å². The van der Waals surface area contributed by atoms with Crippen molar-refractivity contribution in [2.24, 2.45) is 5.92 Å². The summed E-state index contributed by atoms with van der Waals surface area (Å²) in [5.41, 5.74) is 0.318. The third-order valence-corrected chi connectivity index (χ3v) is 5.71. The summed E-state index contributed by atoms with van der Waals surface area (Å²) in [6, 6.07) is 4.63. The maximum Gasteiger partial charge on any atom is 0.251 e. The summed E-state index contributed by atoms with van der Waals surface area (Å²) in [7, 11) is 1.49. The van der Waals surface area contributed by atoms with Crippen molar-refractivity contribution in [3.8, 4) is 0 Å². The van der Waals surface area contributed by atoms with Crippen molar-refractivity contribution in [2.75, 3.05) is 39.9 Å². The Balaban J connectivity index is 1.70. The van der Waals surface area contributed by atoms with Crippen LogP contribution in [0.15, 0.2) is 24.3 Å². The molecule has 2 aliphatic rings. The van der Waals surface area contributed by atoms with E-state index in [0.717, 1.165) is 12.8 Å². The van der Waals surface area contributed by atoms with Crippen molar-refractivity contribution in [1.82, 2.24) is 15.1 Å². The predicted molar refractivity (Wildman–Crippen MR) is 105 cm³/mol. The predicted octanol–water partition coefficient (Wildman–Crippen LogP) is 1.43. The van der Waals surface area contributed by atoms with Crippen molar-refractivity contribution < 1.29 is 23.5 Å². The van der Waals surface area contributed by atoms with E-state index in [1.54, 1.807) is 9.80 Å². The van der Waals surface area contributed by atoms with Gasteiger partial charge in [-0.15, -0.1) is 0 Å². The molecule has 3 amide bonds. The Kier molecular flexibility index (Phi) is 7.19. The zero-order valence-corrected chi connectivity index (χ0v) is 16.7. The summed E-state index contributed by atoms with van der Waals surface area (Å²) in [4.78, 5) is 41.4. The van der Waals surface area contributed by atoms with E-state index < -0.39 is 11.9 Å². The van der Waals surface area contributed by atoms with Crippen molar-refractivity contribution in [2.45, 2.75) is 31.7 Å². The van der Waals surface area contributed by atoms with Crippen molar-refractivity contribution in [3.63, 3.8) is 0 Å². The third-order valence-electron chi connectivity index (χ3n) is 5.71. The largest absolute Gasteiger partial charge is 0.375 e. The number of benzene rings is 1. The fraction of sp³-hybridized carbons (Fsp3) is 0.571. The maximum atomic E-state index is 13.2. The standard InChI is InChI=1S/C21H28FN3O4/c1-29-14-18(26)24-12-8-15(9-13-24)19(21(28)25-10-2-3-11-25)23-20(27)16-4-6-17(22)7-5-16/h4-7,15,19H,2-3,8-14H2,1H3,(H,23,27)/t19-/m1/s1. The number of nitrogens with zero attached hydrogens (tertiary/aromatic N) is 2. The van der Waals surface area contributed by atoms with Crippen LogP contribution in [0.1, 0.15) is 36.0 Å². The molecule has 0 spiro atoms. The van der Waals surface area contributed by atoms with Gasteiger partial charge in [-0.05, 0) is 55.9 Å². The maximum absolute atomic E-state index is 13.2. The van der Waals surface area contributed by atoms with Gasteiger partial charge in [-0.25, -0.2) is 4.39 Å². The first kappa shape index (κ1) is 21.2. The number of likely N-dealkylation sites (tertiary alicyclic amines) is 2. The molecule has 0 aliphatic carbocycles. The number of hydrogen-bond donors (Lipinski definition) is 1. The number of carbonyl (C=O) groups excluding carboxylic acids is 3. The lowest BCUT2D eigenvalue weighted by Gasteiger charge is -2.37. The summed E-state index contributed by atoms with van der Waals surface area (Å²) >= 11 is 0. The molecule has 0 aromatic heterocycles. The summed E-state index contributed by atoms with van der Waals surface area (Å²) in [5.74, 6) is -0.998. The van der Waals surface area contributed by atoms with Crippen LogP contribution >= 0.6 is 0 Å². The lowest BCUT2D eigenvalue weighted by molar-refractivity contribution is -0.137. The quantitative estimate of drug-likeness (QED) is 0.777. The average Bonchev–Trinajstić information content (AvgIpc) is 3.27. The Bertz CT molecular complexity index is 726. The molecule has 2 aliphatic heterocycles. The molecule has 0 bridgehead atoms. The van der Waals surface area contributed by atoms with E-state index in [1.165, 1.54) is 31.4 Å². The first-order valence-electron chi connectivity index (χ1n) is 10.1. The van der Waals surface area contributed by atoms with Crippen LogP contribution in [0.2, 0.25) is 0 Å². The summed E-state index contributed by atoms with van der Waals surface area (Å²) in [6.07, 6.45) is 3.19.